The normalized spacial score (nSPS) is 41.8. The second-order valence-electron chi connectivity index (χ2n) is 3.96. The van der Waals surface area contributed by atoms with Gasteiger partial charge in [-0.2, -0.15) is 0 Å². The number of carbonyl (C=O) groups excluding carboxylic acids is 1. The highest BCUT2D eigenvalue weighted by atomic mass is 16.5. The molecule has 1 unspecified atom stereocenters. The number of hydrogen-bond donors (Lipinski definition) is 1. The van der Waals surface area contributed by atoms with Crippen molar-refractivity contribution in [2.45, 2.75) is 38.2 Å². The van der Waals surface area contributed by atoms with Gasteiger partial charge in [0.05, 0.1) is 19.1 Å². The molecule has 0 bridgehead atoms. The molecule has 12 heavy (non-hydrogen) atoms. The van der Waals surface area contributed by atoms with Crippen molar-refractivity contribution in [3.05, 3.63) is 0 Å². The first-order valence-electron chi connectivity index (χ1n) is 4.57. The predicted octanol–water partition coefficient (Wildman–Crippen LogP) is 0.855. The fourth-order valence-corrected chi connectivity index (χ4v) is 2.28. The lowest BCUT2D eigenvalue weighted by Crippen LogP contribution is -2.38. The second kappa shape index (κ2) is 2.73. The van der Waals surface area contributed by atoms with Crippen LogP contribution in [0.15, 0.2) is 0 Å². The average Bonchev–Trinajstić information content (AvgIpc) is 2.41. The van der Waals surface area contributed by atoms with Gasteiger partial charge in [-0.3, -0.25) is 4.79 Å². The molecule has 1 aliphatic heterocycles. The molecule has 1 saturated carbocycles. The lowest BCUT2D eigenvalue weighted by atomic mass is 9.71. The van der Waals surface area contributed by atoms with Gasteiger partial charge in [0, 0.05) is 5.41 Å². The van der Waals surface area contributed by atoms with Crippen molar-refractivity contribution < 1.29 is 14.6 Å². The highest BCUT2D eigenvalue weighted by molar-refractivity contribution is 5.72. The summed E-state index contributed by atoms with van der Waals surface area (Å²) in [6.07, 6.45) is 4.08. The lowest BCUT2D eigenvalue weighted by Gasteiger charge is -2.35. The van der Waals surface area contributed by atoms with Gasteiger partial charge >= 0.3 is 5.97 Å². The minimum Gasteiger partial charge on any atom is -0.465 e. The molecule has 1 aliphatic carbocycles. The molecule has 68 valence electrons. The summed E-state index contributed by atoms with van der Waals surface area (Å²) in [5.74, 6) is -0.143. The van der Waals surface area contributed by atoms with Crippen molar-refractivity contribution in [3.63, 3.8) is 0 Å². The molecule has 1 saturated heterocycles. The minimum absolute atomic E-state index is 0.143. The Morgan fingerprint density at radius 2 is 2.33 bits per heavy atom. The number of ether oxygens (including phenoxy) is 1. The molecule has 2 atom stereocenters. The van der Waals surface area contributed by atoms with Gasteiger partial charge in [0.25, 0.3) is 0 Å². The molecule has 0 amide bonds. The summed E-state index contributed by atoms with van der Waals surface area (Å²) in [4.78, 5) is 10.9. The summed E-state index contributed by atoms with van der Waals surface area (Å²) < 4.78 is 4.92. The van der Waals surface area contributed by atoms with Crippen LogP contribution in [-0.2, 0) is 9.53 Å². The molecule has 0 radical (unpaired) electrons. The van der Waals surface area contributed by atoms with Crippen LogP contribution in [0.3, 0.4) is 0 Å². The van der Waals surface area contributed by atoms with Crippen molar-refractivity contribution in [2.24, 2.45) is 5.41 Å². The Morgan fingerprint density at radius 3 is 2.92 bits per heavy atom. The second-order valence-corrected chi connectivity index (χ2v) is 3.96. The highest BCUT2D eigenvalue weighted by Crippen LogP contribution is 2.43. The van der Waals surface area contributed by atoms with E-state index in [9.17, 15) is 9.90 Å². The van der Waals surface area contributed by atoms with Crippen LogP contribution in [0.2, 0.25) is 0 Å². The van der Waals surface area contributed by atoms with E-state index in [0.717, 1.165) is 25.7 Å². The third-order valence-corrected chi connectivity index (χ3v) is 3.13. The van der Waals surface area contributed by atoms with E-state index >= 15 is 0 Å². The zero-order chi connectivity index (χ0) is 8.60. The van der Waals surface area contributed by atoms with Crippen LogP contribution >= 0.6 is 0 Å². The largest absolute Gasteiger partial charge is 0.465 e. The van der Waals surface area contributed by atoms with Gasteiger partial charge < -0.3 is 9.84 Å². The van der Waals surface area contributed by atoms with Crippen molar-refractivity contribution in [1.29, 1.82) is 0 Å². The fraction of sp³-hybridized carbons (Fsp3) is 0.889. The first kappa shape index (κ1) is 8.05. The minimum atomic E-state index is -0.322. The van der Waals surface area contributed by atoms with Crippen LogP contribution in [0.4, 0.5) is 0 Å². The zero-order valence-electron chi connectivity index (χ0n) is 7.08. The van der Waals surface area contributed by atoms with Gasteiger partial charge in [-0.25, -0.2) is 0 Å². The van der Waals surface area contributed by atoms with Crippen LogP contribution in [0, 0.1) is 5.41 Å². The number of rotatable bonds is 0. The zero-order valence-corrected chi connectivity index (χ0v) is 7.08. The topological polar surface area (TPSA) is 46.5 Å². The summed E-state index contributed by atoms with van der Waals surface area (Å²) in [7, 11) is 0. The Hall–Kier alpha value is -0.570. The third kappa shape index (κ3) is 1.12. The molecule has 0 aromatic rings. The Morgan fingerprint density at radius 1 is 1.50 bits per heavy atom. The summed E-state index contributed by atoms with van der Waals surface area (Å²) in [5.41, 5.74) is -0.213. The summed E-state index contributed by atoms with van der Waals surface area (Å²) >= 11 is 0. The number of aliphatic hydroxyl groups excluding tert-OH is 1. The van der Waals surface area contributed by atoms with E-state index < -0.39 is 0 Å². The number of cyclic esters (lactones) is 1. The predicted molar refractivity (Wildman–Crippen MR) is 42.5 cm³/mol. The van der Waals surface area contributed by atoms with Crippen molar-refractivity contribution >= 4 is 5.97 Å². The SMILES string of the molecule is O=C1C[C@@]2(CCCCC2O)CO1. The maximum atomic E-state index is 10.9. The molecule has 1 N–H and O–H groups in total. The molecule has 0 aromatic heterocycles. The Bertz CT molecular complexity index is 202. The van der Waals surface area contributed by atoms with Gasteiger partial charge in [-0.1, -0.05) is 12.8 Å². The van der Waals surface area contributed by atoms with Gasteiger partial charge in [-0.15, -0.1) is 0 Å². The molecular weight excluding hydrogens is 156 g/mol. The van der Waals surface area contributed by atoms with Gasteiger partial charge in [0.15, 0.2) is 0 Å². The van der Waals surface area contributed by atoms with E-state index in [1.807, 2.05) is 0 Å². The van der Waals surface area contributed by atoms with Crippen molar-refractivity contribution in [3.8, 4) is 0 Å². The van der Waals surface area contributed by atoms with E-state index in [0.29, 0.717) is 13.0 Å². The van der Waals surface area contributed by atoms with Crippen molar-refractivity contribution in [2.75, 3.05) is 6.61 Å². The molecular formula is C9H14O3. The van der Waals surface area contributed by atoms with Crippen LogP contribution in [0.5, 0.6) is 0 Å². The summed E-state index contributed by atoms with van der Waals surface area (Å²) in [6, 6.07) is 0. The Kier molecular flexibility index (Phi) is 1.83. The molecule has 0 aromatic carbocycles. The van der Waals surface area contributed by atoms with Gasteiger partial charge in [0.1, 0.15) is 0 Å². The van der Waals surface area contributed by atoms with Crippen LogP contribution in [0.25, 0.3) is 0 Å². The van der Waals surface area contributed by atoms with Crippen LogP contribution in [0.1, 0.15) is 32.1 Å². The molecule has 2 fully saturated rings. The quantitative estimate of drug-likeness (QED) is 0.548. The number of carbonyl (C=O) groups is 1. The molecule has 2 rings (SSSR count). The standard InChI is InChI=1S/C9H14O3/c10-7-3-1-2-4-9(7)5-8(11)12-6-9/h7,10H,1-6H2/t7?,9-/m0/s1. The summed E-state index contributed by atoms with van der Waals surface area (Å²) in [6.45, 7) is 0.438. The lowest BCUT2D eigenvalue weighted by molar-refractivity contribution is -0.137. The number of aliphatic hydroxyl groups is 1. The van der Waals surface area contributed by atoms with E-state index in [4.69, 9.17) is 4.74 Å². The number of esters is 1. The van der Waals surface area contributed by atoms with Crippen molar-refractivity contribution in [1.82, 2.24) is 0 Å². The average molecular weight is 170 g/mol. The molecule has 1 heterocycles. The molecule has 2 aliphatic rings. The van der Waals surface area contributed by atoms with E-state index in [1.54, 1.807) is 0 Å². The Balaban J connectivity index is 2.12. The van der Waals surface area contributed by atoms with Crippen LogP contribution in [-0.4, -0.2) is 23.8 Å². The van der Waals surface area contributed by atoms with E-state index in [1.165, 1.54) is 0 Å². The Labute approximate surface area is 71.7 Å². The molecule has 1 spiro atoms. The van der Waals surface area contributed by atoms with Crippen LogP contribution < -0.4 is 0 Å². The maximum Gasteiger partial charge on any atom is 0.306 e. The monoisotopic (exact) mass is 170 g/mol. The third-order valence-electron chi connectivity index (χ3n) is 3.13. The molecule has 3 heteroatoms. The first-order chi connectivity index (χ1) is 5.73. The van der Waals surface area contributed by atoms with E-state index in [2.05, 4.69) is 0 Å². The molecule has 3 nitrogen and oxygen atoms in total. The van der Waals surface area contributed by atoms with Gasteiger partial charge in [-0.05, 0) is 12.8 Å². The maximum absolute atomic E-state index is 10.9. The summed E-state index contributed by atoms with van der Waals surface area (Å²) in [5, 5.41) is 9.75. The van der Waals surface area contributed by atoms with E-state index in [-0.39, 0.29) is 17.5 Å². The number of hydrogen-bond acceptors (Lipinski definition) is 3. The first-order valence-corrected chi connectivity index (χ1v) is 4.57. The highest BCUT2D eigenvalue weighted by Gasteiger charge is 2.47. The fourth-order valence-electron chi connectivity index (χ4n) is 2.28. The van der Waals surface area contributed by atoms with Gasteiger partial charge in [0.2, 0.25) is 0 Å². The smallest absolute Gasteiger partial charge is 0.306 e.